The minimum atomic E-state index is -0.790. The van der Waals surface area contributed by atoms with E-state index in [0.717, 1.165) is 16.7 Å². The van der Waals surface area contributed by atoms with E-state index in [0.29, 0.717) is 31.8 Å². The number of hydrogen-bond acceptors (Lipinski definition) is 5. The second-order valence-corrected chi connectivity index (χ2v) is 7.92. The van der Waals surface area contributed by atoms with Gasteiger partial charge in [-0.15, -0.1) is 0 Å². The van der Waals surface area contributed by atoms with Crippen molar-refractivity contribution in [1.29, 1.82) is 0 Å². The highest BCUT2D eigenvalue weighted by atomic mass is 16.6. The van der Waals surface area contributed by atoms with E-state index in [-0.39, 0.29) is 23.3 Å². The van der Waals surface area contributed by atoms with E-state index >= 15 is 0 Å². The smallest absolute Gasteiger partial charge is 0.311 e. The summed E-state index contributed by atoms with van der Waals surface area (Å²) in [4.78, 5) is 24.4. The van der Waals surface area contributed by atoms with Gasteiger partial charge in [0.05, 0.1) is 10.8 Å². The highest BCUT2D eigenvalue weighted by molar-refractivity contribution is 5.70. The topological polar surface area (TPSA) is 92.9 Å². The molecule has 1 saturated heterocycles. The Morgan fingerprint density at radius 3 is 2.66 bits per heavy atom. The summed E-state index contributed by atoms with van der Waals surface area (Å²) in [6, 6.07) is 10.8. The van der Waals surface area contributed by atoms with Crippen molar-refractivity contribution < 1.29 is 19.6 Å². The van der Waals surface area contributed by atoms with Crippen LogP contribution in [0.15, 0.2) is 36.4 Å². The molecule has 1 aliphatic heterocycles. The molecule has 1 fully saturated rings. The number of likely N-dealkylation sites (tertiary alicyclic amines) is 1. The molecule has 7 heteroatoms. The van der Waals surface area contributed by atoms with Gasteiger partial charge in [-0.05, 0) is 54.6 Å². The van der Waals surface area contributed by atoms with Crippen molar-refractivity contribution in [3.63, 3.8) is 0 Å². The van der Waals surface area contributed by atoms with Gasteiger partial charge in [-0.25, -0.2) is 0 Å². The molecular weight excluding hydrogens is 372 g/mol. The van der Waals surface area contributed by atoms with E-state index in [1.165, 1.54) is 6.07 Å². The van der Waals surface area contributed by atoms with Gasteiger partial charge < -0.3 is 9.84 Å². The van der Waals surface area contributed by atoms with Crippen molar-refractivity contribution in [2.24, 2.45) is 5.92 Å². The number of aryl methyl sites for hydroxylation is 1. The molecule has 1 N–H and O–H groups in total. The fourth-order valence-electron chi connectivity index (χ4n) is 3.65. The van der Waals surface area contributed by atoms with Gasteiger partial charge >= 0.3 is 11.7 Å². The predicted octanol–water partition coefficient (Wildman–Crippen LogP) is 4.73. The summed E-state index contributed by atoms with van der Waals surface area (Å²) in [5.74, 6) is -0.109. The first-order valence-electron chi connectivity index (χ1n) is 9.75. The van der Waals surface area contributed by atoms with Gasteiger partial charge in [0.25, 0.3) is 0 Å². The van der Waals surface area contributed by atoms with Crippen LogP contribution in [0.25, 0.3) is 0 Å². The van der Waals surface area contributed by atoms with E-state index in [4.69, 9.17) is 9.84 Å². The fraction of sp³-hybridized carbons (Fsp3) is 0.409. The van der Waals surface area contributed by atoms with Crippen LogP contribution in [-0.2, 0) is 11.3 Å². The van der Waals surface area contributed by atoms with Gasteiger partial charge in [-0.3, -0.25) is 19.8 Å². The minimum absolute atomic E-state index is 0.0901. The second-order valence-electron chi connectivity index (χ2n) is 7.92. The Morgan fingerprint density at radius 1 is 1.28 bits per heavy atom. The average Bonchev–Trinajstić information content (AvgIpc) is 3.11. The Hall–Kier alpha value is -2.93. The maximum atomic E-state index is 11.7. The van der Waals surface area contributed by atoms with Crippen molar-refractivity contribution in [3.05, 3.63) is 63.2 Å². The fourth-order valence-corrected chi connectivity index (χ4v) is 3.65. The number of carboxylic acid groups (broad SMARTS) is 1. The predicted molar refractivity (Wildman–Crippen MR) is 109 cm³/mol. The Balaban J connectivity index is 1.83. The zero-order valence-corrected chi connectivity index (χ0v) is 16.9. The van der Waals surface area contributed by atoms with Crippen LogP contribution < -0.4 is 4.74 Å². The lowest BCUT2D eigenvalue weighted by atomic mass is 10.0. The third-order valence-electron chi connectivity index (χ3n) is 5.26. The van der Waals surface area contributed by atoms with Crippen LogP contribution in [0, 0.1) is 23.0 Å². The molecule has 1 aliphatic rings. The first kappa shape index (κ1) is 20.8. The number of hydrogen-bond donors (Lipinski definition) is 1. The maximum Gasteiger partial charge on any atom is 0.311 e. The SMILES string of the molecule is Cc1ccc(C(C)C)c(Oc2ccc(CN3CCC(C(=O)O)C3)cc2[N+](=O)[O-])c1. The van der Waals surface area contributed by atoms with Gasteiger partial charge in [0, 0.05) is 19.2 Å². The van der Waals surface area contributed by atoms with Crippen LogP contribution in [0.2, 0.25) is 0 Å². The van der Waals surface area contributed by atoms with Gasteiger partial charge in [0.15, 0.2) is 0 Å². The summed E-state index contributed by atoms with van der Waals surface area (Å²) in [5.41, 5.74) is 2.69. The first-order valence-corrected chi connectivity index (χ1v) is 9.75. The third kappa shape index (κ3) is 4.92. The van der Waals surface area contributed by atoms with Gasteiger partial charge in [0.2, 0.25) is 5.75 Å². The molecule has 0 bridgehead atoms. The molecular formula is C22H26N2O5. The molecule has 29 heavy (non-hydrogen) atoms. The standard InChI is InChI=1S/C22H26N2O5/c1-14(2)18-6-4-15(3)10-21(18)29-20-7-5-16(11-19(20)24(27)28)12-23-9-8-17(13-23)22(25)26/h4-7,10-11,14,17H,8-9,12-13H2,1-3H3,(H,25,26). The maximum absolute atomic E-state index is 11.7. The highest BCUT2D eigenvalue weighted by Gasteiger charge is 2.28. The molecule has 2 aromatic carbocycles. The van der Waals surface area contributed by atoms with E-state index in [1.54, 1.807) is 12.1 Å². The summed E-state index contributed by atoms with van der Waals surface area (Å²) >= 11 is 0. The zero-order chi connectivity index (χ0) is 21.1. The number of nitro benzene ring substituents is 1. The quantitative estimate of drug-likeness (QED) is 0.536. The van der Waals surface area contributed by atoms with Crippen molar-refractivity contribution in [3.8, 4) is 11.5 Å². The number of carboxylic acids is 1. The molecule has 7 nitrogen and oxygen atoms in total. The average molecular weight is 398 g/mol. The summed E-state index contributed by atoms with van der Waals surface area (Å²) in [7, 11) is 0. The van der Waals surface area contributed by atoms with E-state index in [9.17, 15) is 14.9 Å². The van der Waals surface area contributed by atoms with Crippen LogP contribution >= 0.6 is 0 Å². The molecule has 0 spiro atoms. The normalized spacial score (nSPS) is 16.9. The monoisotopic (exact) mass is 398 g/mol. The lowest BCUT2D eigenvalue weighted by Gasteiger charge is -2.17. The molecule has 0 saturated carbocycles. The lowest BCUT2D eigenvalue weighted by Crippen LogP contribution is -2.22. The summed E-state index contributed by atoms with van der Waals surface area (Å²) in [6.45, 7) is 7.67. The zero-order valence-electron chi connectivity index (χ0n) is 16.9. The number of carbonyl (C=O) groups is 1. The lowest BCUT2D eigenvalue weighted by molar-refractivity contribution is -0.385. The van der Waals surface area contributed by atoms with Crippen molar-refractivity contribution in [2.75, 3.05) is 13.1 Å². The number of rotatable bonds is 7. The summed E-state index contributed by atoms with van der Waals surface area (Å²) < 4.78 is 5.98. The Labute approximate surface area is 170 Å². The van der Waals surface area contributed by atoms with Gasteiger partial charge in [-0.1, -0.05) is 32.0 Å². The van der Waals surface area contributed by atoms with Gasteiger partial charge in [0.1, 0.15) is 5.75 Å². The molecule has 0 amide bonds. The highest BCUT2D eigenvalue weighted by Crippen LogP contribution is 2.36. The first-order chi connectivity index (χ1) is 13.7. The van der Waals surface area contributed by atoms with Crippen molar-refractivity contribution in [1.82, 2.24) is 4.90 Å². The summed E-state index contributed by atoms with van der Waals surface area (Å²) in [5, 5.41) is 20.8. The van der Waals surface area contributed by atoms with E-state index in [2.05, 4.69) is 13.8 Å². The van der Waals surface area contributed by atoms with Crippen LogP contribution in [-0.4, -0.2) is 34.0 Å². The Bertz CT molecular complexity index is 925. The van der Waals surface area contributed by atoms with Crippen LogP contribution in [0.4, 0.5) is 5.69 Å². The molecule has 0 radical (unpaired) electrons. The number of benzene rings is 2. The molecule has 154 valence electrons. The Morgan fingerprint density at radius 2 is 2.03 bits per heavy atom. The van der Waals surface area contributed by atoms with E-state index < -0.39 is 10.9 Å². The molecule has 1 heterocycles. The number of nitro groups is 1. The van der Waals surface area contributed by atoms with Crippen LogP contribution in [0.1, 0.15) is 42.9 Å². The summed E-state index contributed by atoms with van der Waals surface area (Å²) in [6.07, 6.45) is 0.601. The van der Waals surface area contributed by atoms with Crippen molar-refractivity contribution >= 4 is 11.7 Å². The molecule has 1 unspecified atom stereocenters. The van der Waals surface area contributed by atoms with Crippen LogP contribution in [0.3, 0.4) is 0 Å². The van der Waals surface area contributed by atoms with E-state index in [1.807, 2.05) is 30.0 Å². The largest absolute Gasteiger partial charge is 0.481 e. The third-order valence-corrected chi connectivity index (χ3v) is 5.26. The Kier molecular flexibility index (Phi) is 6.17. The molecule has 3 rings (SSSR count). The van der Waals surface area contributed by atoms with Crippen molar-refractivity contribution in [2.45, 2.75) is 39.7 Å². The number of aliphatic carboxylic acids is 1. The second kappa shape index (κ2) is 8.61. The van der Waals surface area contributed by atoms with Crippen LogP contribution in [0.5, 0.6) is 11.5 Å². The number of ether oxygens (including phenoxy) is 1. The number of nitrogens with zero attached hydrogens (tertiary/aromatic N) is 2. The molecule has 2 aromatic rings. The molecule has 0 aromatic heterocycles. The molecule has 0 aliphatic carbocycles. The van der Waals surface area contributed by atoms with Gasteiger partial charge in [-0.2, -0.15) is 0 Å². The minimum Gasteiger partial charge on any atom is -0.481 e. The molecule has 1 atom stereocenters.